The topological polar surface area (TPSA) is 38.5 Å². The van der Waals surface area contributed by atoms with E-state index < -0.39 is 0 Å². The third-order valence-corrected chi connectivity index (χ3v) is 4.52. The Morgan fingerprint density at radius 1 is 1.38 bits per heavy atom. The van der Waals surface area contributed by atoms with E-state index in [2.05, 4.69) is 36.7 Å². The summed E-state index contributed by atoms with van der Waals surface area (Å²) >= 11 is 0. The molecule has 0 bridgehead atoms. The van der Waals surface area contributed by atoms with E-state index >= 15 is 0 Å². The average molecular weight is 286 g/mol. The van der Waals surface area contributed by atoms with Crippen LogP contribution in [0.1, 0.15) is 37.8 Å². The van der Waals surface area contributed by atoms with E-state index in [1.807, 2.05) is 12.1 Å². The Morgan fingerprint density at radius 2 is 2.19 bits per heavy atom. The molecule has 2 N–H and O–H groups in total. The highest BCUT2D eigenvalue weighted by atomic mass is 16.5. The van der Waals surface area contributed by atoms with Crippen LogP contribution >= 0.6 is 0 Å². The van der Waals surface area contributed by atoms with Gasteiger partial charge in [-0.15, -0.1) is 0 Å². The predicted octanol–water partition coefficient (Wildman–Crippen LogP) is 2.63. The van der Waals surface area contributed by atoms with E-state index in [9.17, 15) is 0 Å². The molecule has 1 aromatic rings. The molecular weight excluding hydrogens is 260 g/mol. The Bertz CT molecular complexity index is 530. The molecule has 0 aliphatic carbocycles. The number of hydrogen-bond donors (Lipinski definition) is 1. The molecule has 1 saturated heterocycles. The number of piperidine rings is 1. The zero-order valence-electron chi connectivity index (χ0n) is 13.4. The minimum Gasteiger partial charge on any atom is -0.497 e. The second-order valence-electron chi connectivity index (χ2n) is 5.86. The van der Waals surface area contributed by atoms with Crippen molar-refractivity contribution in [3.05, 3.63) is 29.3 Å². The van der Waals surface area contributed by atoms with Gasteiger partial charge in [-0.05, 0) is 56.0 Å². The molecule has 0 amide bonds. The van der Waals surface area contributed by atoms with Crippen molar-refractivity contribution in [2.24, 2.45) is 11.7 Å². The molecule has 0 aromatic heterocycles. The molecule has 1 aliphatic rings. The van der Waals surface area contributed by atoms with Gasteiger partial charge in [0.1, 0.15) is 5.75 Å². The lowest BCUT2D eigenvalue weighted by Gasteiger charge is -2.38. The SMILES string of the molecule is COc1ccc(C#CCN)c(CN2CCCC(C)C2C)c1. The summed E-state index contributed by atoms with van der Waals surface area (Å²) in [5.41, 5.74) is 7.79. The van der Waals surface area contributed by atoms with Gasteiger partial charge in [-0.2, -0.15) is 0 Å². The van der Waals surface area contributed by atoms with Gasteiger partial charge < -0.3 is 10.5 Å². The normalized spacial score (nSPS) is 22.5. The molecule has 1 fully saturated rings. The molecule has 1 heterocycles. The summed E-state index contributed by atoms with van der Waals surface area (Å²) in [7, 11) is 1.70. The highest BCUT2D eigenvalue weighted by Gasteiger charge is 2.25. The standard InChI is InChI=1S/C18H26N2O/c1-14-6-5-11-20(15(14)2)13-17-12-18(21-3)9-8-16(17)7-4-10-19/h8-9,12,14-15H,5-6,10-11,13,19H2,1-3H3. The van der Waals surface area contributed by atoms with Crippen molar-refractivity contribution in [1.82, 2.24) is 4.90 Å². The van der Waals surface area contributed by atoms with Crippen LogP contribution in [0.2, 0.25) is 0 Å². The van der Waals surface area contributed by atoms with Crippen LogP contribution in [0.4, 0.5) is 0 Å². The Labute approximate surface area is 128 Å². The van der Waals surface area contributed by atoms with Gasteiger partial charge in [0.05, 0.1) is 13.7 Å². The van der Waals surface area contributed by atoms with Crippen molar-refractivity contribution in [3.8, 4) is 17.6 Å². The zero-order valence-corrected chi connectivity index (χ0v) is 13.4. The number of ether oxygens (including phenoxy) is 1. The molecule has 2 unspecified atom stereocenters. The Kier molecular flexibility index (Phi) is 5.67. The summed E-state index contributed by atoms with van der Waals surface area (Å²) in [5, 5.41) is 0. The first-order chi connectivity index (χ1) is 10.2. The van der Waals surface area contributed by atoms with Crippen molar-refractivity contribution >= 4 is 0 Å². The number of methoxy groups -OCH3 is 1. The van der Waals surface area contributed by atoms with Crippen LogP contribution < -0.4 is 10.5 Å². The van der Waals surface area contributed by atoms with Crippen molar-refractivity contribution in [2.75, 3.05) is 20.2 Å². The van der Waals surface area contributed by atoms with Gasteiger partial charge in [-0.3, -0.25) is 4.90 Å². The highest BCUT2D eigenvalue weighted by Crippen LogP contribution is 2.26. The minimum absolute atomic E-state index is 0.391. The van der Waals surface area contributed by atoms with Crippen molar-refractivity contribution in [3.63, 3.8) is 0 Å². The third kappa shape index (κ3) is 4.00. The number of benzene rings is 1. The lowest BCUT2D eigenvalue weighted by molar-refractivity contribution is 0.106. The molecule has 21 heavy (non-hydrogen) atoms. The summed E-state index contributed by atoms with van der Waals surface area (Å²) in [5.74, 6) is 7.78. The first-order valence-electron chi connectivity index (χ1n) is 7.75. The van der Waals surface area contributed by atoms with Crippen LogP contribution in [0.3, 0.4) is 0 Å². The van der Waals surface area contributed by atoms with Gasteiger partial charge in [0, 0.05) is 18.2 Å². The maximum Gasteiger partial charge on any atom is 0.119 e. The predicted molar refractivity (Wildman–Crippen MR) is 87.2 cm³/mol. The summed E-state index contributed by atoms with van der Waals surface area (Å²) in [4.78, 5) is 2.55. The molecule has 3 heteroatoms. The van der Waals surface area contributed by atoms with E-state index in [0.717, 1.165) is 30.3 Å². The molecule has 2 atom stereocenters. The molecule has 0 spiro atoms. The number of nitrogens with two attached hydrogens (primary N) is 1. The van der Waals surface area contributed by atoms with Crippen molar-refractivity contribution in [1.29, 1.82) is 0 Å². The summed E-state index contributed by atoms with van der Waals surface area (Å²) in [6.07, 6.45) is 2.61. The molecule has 1 aliphatic heterocycles. The van der Waals surface area contributed by atoms with Gasteiger partial charge >= 0.3 is 0 Å². The Balaban J connectivity index is 2.24. The molecule has 0 radical (unpaired) electrons. The largest absolute Gasteiger partial charge is 0.497 e. The summed E-state index contributed by atoms with van der Waals surface area (Å²) in [6, 6.07) is 6.72. The second kappa shape index (κ2) is 7.49. The second-order valence-corrected chi connectivity index (χ2v) is 5.86. The van der Waals surface area contributed by atoms with Crippen LogP contribution in [0, 0.1) is 17.8 Å². The van der Waals surface area contributed by atoms with E-state index in [4.69, 9.17) is 10.5 Å². The fourth-order valence-corrected chi connectivity index (χ4v) is 2.96. The quantitative estimate of drug-likeness (QED) is 0.868. The van der Waals surface area contributed by atoms with Gasteiger partial charge in [0.2, 0.25) is 0 Å². The van der Waals surface area contributed by atoms with Gasteiger partial charge in [-0.1, -0.05) is 18.8 Å². The summed E-state index contributed by atoms with van der Waals surface area (Å²) < 4.78 is 5.36. The molecule has 1 aromatic carbocycles. The number of rotatable bonds is 3. The van der Waals surface area contributed by atoms with Gasteiger partial charge in [0.25, 0.3) is 0 Å². The maximum absolute atomic E-state index is 5.50. The first kappa shape index (κ1) is 15.9. The lowest BCUT2D eigenvalue weighted by atomic mass is 9.91. The Morgan fingerprint density at radius 3 is 2.90 bits per heavy atom. The molecular formula is C18H26N2O. The molecule has 3 nitrogen and oxygen atoms in total. The van der Waals surface area contributed by atoms with E-state index in [0.29, 0.717) is 12.6 Å². The molecule has 2 rings (SSSR count). The fourth-order valence-electron chi connectivity index (χ4n) is 2.96. The summed E-state index contributed by atoms with van der Waals surface area (Å²) in [6.45, 7) is 7.15. The van der Waals surface area contributed by atoms with Crippen molar-refractivity contribution < 1.29 is 4.74 Å². The smallest absolute Gasteiger partial charge is 0.119 e. The van der Waals surface area contributed by atoms with Gasteiger partial charge in [-0.25, -0.2) is 0 Å². The average Bonchev–Trinajstić information content (AvgIpc) is 2.50. The van der Waals surface area contributed by atoms with Crippen LogP contribution in [0.25, 0.3) is 0 Å². The van der Waals surface area contributed by atoms with E-state index in [-0.39, 0.29) is 0 Å². The number of nitrogens with zero attached hydrogens (tertiary/aromatic N) is 1. The Hall–Kier alpha value is -1.50. The monoisotopic (exact) mass is 286 g/mol. The lowest BCUT2D eigenvalue weighted by Crippen LogP contribution is -2.41. The number of likely N-dealkylation sites (tertiary alicyclic amines) is 1. The maximum atomic E-state index is 5.50. The van der Waals surface area contributed by atoms with E-state index in [1.165, 1.54) is 18.4 Å². The minimum atomic E-state index is 0.391. The number of hydrogen-bond acceptors (Lipinski definition) is 3. The fraction of sp³-hybridized carbons (Fsp3) is 0.556. The van der Waals surface area contributed by atoms with E-state index in [1.54, 1.807) is 7.11 Å². The van der Waals surface area contributed by atoms with Gasteiger partial charge in [0.15, 0.2) is 0 Å². The van der Waals surface area contributed by atoms with Crippen LogP contribution in [0.15, 0.2) is 18.2 Å². The highest BCUT2D eigenvalue weighted by molar-refractivity contribution is 5.45. The van der Waals surface area contributed by atoms with Crippen LogP contribution in [-0.4, -0.2) is 31.1 Å². The van der Waals surface area contributed by atoms with Crippen LogP contribution in [0.5, 0.6) is 5.75 Å². The van der Waals surface area contributed by atoms with Crippen molar-refractivity contribution in [2.45, 2.75) is 39.3 Å². The zero-order chi connectivity index (χ0) is 15.2. The third-order valence-electron chi connectivity index (χ3n) is 4.52. The molecule has 0 saturated carbocycles. The molecule has 114 valence electrons. The van der Waals surface area contributed by atoms with Crippen LogP contribution in [-0.2, 0) is 6.54 Å². The first-order valence-corrected chi connectivity index (χ1v) is 7.75.